The van der Waals surface area contributed by atoms with Gasteiger partial charge in [-0.15, -0.1) is 0 Å². The van der Waals surface area contributed by atoms with Crippen molar-refractivity contribution in [2.24, 2.45) is 0 Å². The van der Waals surface area contributed by atoms with E-state index in [-0.39, 0.29) is 17.1 Å². The number of hydrogen-bond donors (Lipinski definition) is 3. The third-order valence-electron chi connectivity index (χ3n) is 4.54. The first kappa shape index (κ1) is 16.6. The van der Waals surface area contributed by atoms with Crippen molar-refractivity contribution in [1.29, 1.82) is 0 Å². The van der Waals surface area contributed by atoms with E-state index in [0.717, 1.165) is 0 Å². The van der Waals surface area contributed by atoms with Crippen molar-refractivity contribution < 1.29 is 9.66 Å². The van der Waals surface area contributed by atoms with Crippen LogP contribution in [-0.4, -0.2) is 22.0 Å². The Bertz CT molecular complexity index is 1180. The number of ether oxygens (including phenoxy) is 1. The lowest BCUT2D eigenvalue weighted by Gasteiger charge is -2.28. The van der Waals surface area contributed by atoms with E-state index >= 15 is 0 Å². The van der Waals surface area contributed by atoms with E-state index in [1.54, 1.807) is 36.4 Å². The van der Waals surface area contributed by atoms with Crippen molar-refractivity contribution in [2.75, 3.05) is 12.4 Å². The number of methoxy groups -OCH3 is 1. The number of aromatic nitrogens is 2. The van der Waals surface area contributed by atoms with Gasteiger partial charge in [0.2, 0.25) is 0 Å². The molecule has 136 valence electrons. The van der Waals surface area contributed by atoms with Crippen molar-refractivity contribution in [3.63, 3.8) is 0 Å². The number of nitrogens with zero attached hydrogens (tertiary/aromatic N) is 1. The highest BCUT2D eigenvalue weighted by Gasteiger charge is 2.34. The van der Waals surface area contributed by atoms with Gasteiger partial charge >= 0.3 is 5.69 Å². The first-order valence-corrected chi connectivity index (χ1v) is 8.04. The predicted octanol–water partition coefficient (Wildman–Crippen LogP) is 2.22. The van der Waals surface area contributed by atoms with Crippen molar-refractivity contribution in [3.8, 4) is 5.75 Å². The molecule has 0 aliphatic carbocycles. The average Bonchev–Trinajstić information content (AvgIpc) is 2.65. The molecule has 1 aliphatic rings. The van der Waals surface area contributed by atoms with Gasteiger partial charge < -0.3 is 10.1 Å². The van der Waals surface area contributed by atoms with Crippen LogP contribution in [0.5, 0.6) is 5.75 Å². The predicted molar refractivity (Wildman–Crippen MR) is 98.0 cm³/mol. The molecule has 9 heteroatoms. The van der Waals surface area contributed by atoms with Gasteiger partial charge in [-0.05, 0) is 23.8 Å². The first-order chi connectivity index (χ1) is 13.0. The van der Waals surface area contributed by atoms with E-state index in [1.165, 1.54) is 13.2 Å². The number of nitro groups is 1. The maximum absolute atomic E-state index is 12.6. The number of para-hydroxylation sites is 1. The molecule has 0 saturated carbocycles. The minimum absolute atomic E-state index is 0.116. The SMILES string of the molecule is COc1ccc2c(c1)C(c1ccccc1[N+](=O)[O-])c1c([nH]c(=O)[nH]c1=O)N2. The molecule has 1 aromatic heterocycles. The Hall–Kier alpha value is -3.88. The standard InChI is InChI=1S/C18H14N4O5/c1-27-9-6-7-12-11(8-9)14(10-4-2-3-5-13(10)22(25)26)15-16(19-12)20-18(24)21-17(15)23/h2-8,14H,1H3,(H3,19,20,21,23,24). The second-order valence-electron chi connectivity index (χ2n) is 6.02. The number of nitrogens with one attached hydrogen (secondary N) is 3. The van der Waals surface area contributed by atoms with Crippen molar-refractivity contribution in [1.82, 2.24) is 9.97 Å². The molecule has 1 atom stereocenters. The zero-order valence-electron chi connectivity index (χ0n) is 14.1. The summed E-state index contributed by atoms with van der Waals surface area (Å²) < 4.78 is 5.27. The number of rotatable bonds is 3. The van der Waals surface area contributed by atoms with Gasteiger partial charge in [0.15, 0.2) is 0 Å². The van der Waals surface area contributed by atoms with Crippen LogP contribution in [-0.2, 0) is 0 Å². The van der Waals surface area contributed by atoms with Gasteiger partial charge in [-0.1, -0.05) is 18.2 Å². The van der Waals surface area contributed by atoms with Crippen molar-refractivity contribution in [3.05, 3.63) is 90.1 Å². The normalized spacial score (nSPS) is 14.6. The van der Waals surface area contributed by atoms with Crippen LogP contribution < -0.4 is 21.3 Å². The van der Waals surface area contributed by atoms with Gasteiger partial charge in [-0.3, -0.25) is 24.9 Å². The van der Waals surface area contributed by atoms with Crippen LogP contribution in [0, 0.1) is 10.1 Å². The third-order valence-corrected chi connectivity index (χ3v) is 4.54. The molecular weight excluding hydrogens is 352 g/mol. The molecule has 9 nitrogen and oxygen atoms in total. The summed E-state index contributed by atoms with van der Waals surface area (Å²) in [6.07, 6.45) is 0. The van der Waals surface area contributed by atoms with E-state index in [2.05, 4.69) is 15.3 Å². The Balaban J connectivity index is 2.08. The molecule has 0 fully saturated rings. The molecule has 0 amide bonds. The van der Waals surface area contributed by atoms with Gasteiger partial charge in [0.1, 0.15) is 11.6 Å². The van der Waals surface area contributed by atoms with E-state index < -0.39 is 22.1 Å². The quantitative estimate of drug-likeness (QED) is 0.376. The number of anilines is 2. The van der Waals surface area contributed by atoms with Crippen LogP contribution in [0.25, 0.3) is 0 Å². The summed E-state index contributed by atoms with van der Waals surface area (Å²) in [5.74, 6) is 0.00144. The topological polar surface area (TPSA) is 130 Å². The van der Waals surface area contributed by atoms with Crippen LogP contribution in [0.15, 0.2) is 52.1 Å². The van der Waals surface area contributed by atoms with Gasteiger partial charge in [-0.25, -0.2) is 4.79 Å². The number of H-pyrrole nitrogens is 2. The van der Waals surface area contributed by atoms with Gasteiger partial charge in [0.05, 0.1) is 23.5 Å². The fourth-order valence-electron chi connectivity index (χ4n) is 3.40. The molecule has 27 heavy (non-hydrogen) atoms. The smallest absolute Gasteiger partial charge is 0.327 e. The van der Waals surface area contributed by atoms with Crippen LogP contribution >= 0.6 is 0 Å². The number of aromatic amines is 2. The summed E-state index contributed by atoms with van der Waals surface area (Å²) >= 11 is 0. The van der Waals surface area contributed by atoms with E-state index in [9.17, 15) is 19.7 Å². The average molecular weight is 366 g/mol. The summed E-state index contributed by atoms with van der Waals surface area (Å²) in [4.78, 5) is 40.2. The summed E-state index contributed by atoms with van der Waals surface area (Å²) in [7, 11) is 1.51. The minimum atomic E-state index is -0.756. The second kappa shape index (κ2) is 6.13. The molecule has 1 unspecified atom stereocenters. The molecule has 0 radical (unpaired) electrons. The molecule has 0 saturated heterocycles. The zero-order chi connectivity index (χ0) is 19.1. The Morgan fingerprint density at radius 1 is 1.07 bits per heavy atom. The zero-order valence-corrected chi connectivity index (χ0v) is 14.1. The molecule has 2 aromatic carbocycles. The fourth-order valence-corrected chi connectivity index (χ4v) is 3.40. The molecule has 0 spiro atoms. The lowest BCUT2D eigenvalue weighted by atomic mass is 9.82. The summed E-state index contributed by atoms with van der Waals surface area (Å²) in [6, 6.07) is 11.4. The summed E-state index contributed by atoms with van der Waals surface area (Å²) in [5.41, 5.74) is 0.403. The Morgan fingerprint density at radius 2 is 1.85 bits per heavy atom. The molecular formula is C18H14N4O5. The molecule has 0 bridgehead atoms. The number of hydrogen-bond acceptors (Lipinski definition) is 6. The number of nitro benzene ring substituents is 1. The monoisotopic (exact) mass is 366 g/mol. The number of fused-ring (bicyclic) bond motifs is 2. The Labute approximate surface area is 151 Å². The molecule has 2 heterocycles. The Morgan fingerprint density at radius 3 is 2.59 bits per heavy atom. The maximum Gasteiger partial charge on any atom is 0.327 e. The van der Waals surface area contributed by atoms with Crippen LogP contribution in [0.1, 0.15) is 22.6 Å². The van der Waals surface area contributed by atoms with Crippen LogP contribution in [0.4, 0.5) is 17.2 Å². The minimum Gasteiger partial charge on any atom is -0.497 e. The lowest BCUT2D eigenvalue weighted by molar-refractivity contribution is -0.385. The largest absolute Gasteiger partial charge is 0.497 e. The van der Waals surface area contributed by atoms with E-state index in [4.69, 9.17) is 4.74 Å². The molecule has 1 aliphatic heterocycles. The van der Waals surface area contributed by atoms with Crippen molar-refractivity contribution in [2.45, 2.75) is 5.92 Å². The van der Waals surface area contributed by atoms with Crippen LogP contribution in [0.3, 0.4) is 0 Å². The fraction of sp³-hybridized carbons (Fsp3) is 0.111. The van der Waals surface area contributed by atoms with Gasteiger partial charge in [0.25, 0.3) is 11.2 Å². The lowest BCUT2D eigenvalue weighted by Crippen LogP contribution is -2.32. The second-order valence-corrected chi connectivity index (χ2v) is 6.02. The highest BCUT2D eigenvalue weighted by atomic mass is 16.6. The van der Waals surface area contributed by atoms with E-state index in [0.29, 0.717) is 22.6 Å². The Kier molecular flexibility index (Phi) is 3.76. The van der Waals surface area contributed by atoms with E-state index in [1.807, 2.05) is 0 Å². The highest BCUT2D eigenvalue weighted by molar-refractivity contribution is 5.75. The molecule has 3 aromatic rings. The molecule has 4 rings (SSSR count). The summed E-state index contributed by atoms with van der Waals surface area (Å²) in [6.45, 7) is 0. The van der Waals surface area contributed by atoms with Gasteiger partial charge in [-0.2, -0.15) is 0 Å². The first-order valence-electron chi connectivity index (χ1n) is 8.04. The van der Waals surface area contributed by atoms with Crippen LogP contribution in [0.2, 0.25) is 0 Å². The van der Waals surface area contributed by atoms with Crippen molar-refractivity contribution >= 4 is 17.2 Å². The summed E-state index contributed by atoms with van der Waals surface area (Å²) in [5, 5.41) is 14.6. The highest BCUT2D eigenvalue weighted by Crippen LogP contribution is 2.45. The van der Waals surface area contributed by atoms with Gasteiger partial charge in [0, 0.05) is 17.3 Å². The third kappa shape index (κ3) is 2.65. The molecule has 3 N–H and O–H groups in total. The maximum atomic E-state index is 12.6. The number of benzene rings is 2.